The Hall–Kier alpha value is -0.260. The highest BCUT2D eigenvalue weighted by Gasteiger charge is 1.98. The van der Waals surface area contributed by atoms with Crippen LogP contribution in [0.1, 0.15) is 302 Å². The predicted octanol–water partition coefficient (Wildman–Crippen LogP) is 19.1. The van der Waals surface area contributed by atoms with Crippen molar-refractivity contribution in [3.05, 3.63) is 12.7 Å². The maximum atomic E-state index is 3.81. The Morgan fingerprint density at radius 1 is 0.204 bits per heavy atom. The SMILES string of the molecule is C=CCCCCCCCCCCCCCCCCCCCCCCCCCCCCCCCCCCCCCCCCCCCCCCC. The van der Waals surface area contributed by atoms with Gasteiger partial charge in [0.15, 0.2) is 0 Å². The molecule has 0 amide bonds. The third-order valence-electron chi connectivity index (χ3n) is 11.5. The van der Waals surface area contributed by atoms with Gasteiger partial charge in [-0.25, -0.2) is 0 Å². The van der Waals surface area contributed by atoms with Gasteiger partial charge in [-0.2, -0.15) is 0 Å². The summed E-state index contributed by atoms with van der Waals surface area (Å²) in [5, 5.41) is 0. The summed E-state index contributed by atoms with van der Waals surface area (Å²) in [4.78, 5) is 0. The van der Waals surface area contributed by atoms with E-state index in [0.717, 1.165) is 0 Å². The second-order valence-electron chi connectivity index (χ2n) is 16.6. The second-order valence-corrected chi connectivity index (χ2v) is 16.6. The molecule has 0 fully saturated rings. The molecule has 0 aromatic heterocycles. The molecule has 294 valence electrons. The van der Waals surface area contributed by atoms with Crippen molar-refractivity contribution in [2.75, 3.05) is 0 Å². The quantitative estimate of drug-likeness (QED) is 0.0442. The van der Waals surface area contributed by atoms with Gasteiger partial charge >= 0.3 is 0 Å². The van der Waals surface area contributed by atoms with Crippen molar-refractivity contribution >= 4 is 0 Å². The summed E-state index contributed by atoms with van der Waals surface area (Å²) in [6.07, 6.45) is 69.9. The molecular formula is C49H98. The molecule has 0 rings (SSSR count). The number of allylic oxidation sites excluding steroid dienone is 1. The second kappa shape index (κ2) is 47.7. The van der Waals surface area contributed by atoms with Gasteiger partial charge in [0.05, 0.1) is 0 Å². The van der Waals surface area contributed by atoms with Crippen LogP contribution in [0.3, 0.4) is 0 Å². The fourth-order valence-corrected chi connectivity index (χ4v) is 7.96. The summed E-state index contributed by atoms with van der Waals surface area (Å²) in [5.74, 6) is 0. The van der Waals surface area contributed by atoms with E-state index in [-0.39, 0.29) is 0 Å². The van der Waals surface area contributed by atoms with Gasteiger partial charge in [-0.15, -0.1) is 6.58 Å². The zero-order valence-corrected chi connectivity index (χ0v) is 34.8. The van der Waals surface area contributed by atoms with Crippen molar-refractivity contribution in [2.45, 2.75) is 302 Å². The maximum absolute atomic E-state index is 3.81. The van der Waals surface area contributed by atoms with Gasteiger partial charge in [-0.3, -0.25) is 0 Å². The van der Waals surface area contributed by atoms with Crippen LogP contribution in [0.5, 0.6) is 0 Å². The van der Waals surface area contributed by atoms with Crippen LogP contribution in [0.2, 0.25) is 0 Å². The van der Waals surface area contributed by atoms with E-state index in [1.165, 1.54) is 295 Å². The topological polar surface area (TPSA) is 0 Å². The highest BCUT2D eigenvalue weighted by molar-refractivity contribution is 4.65. The first kappa shape index (κ1) is 48.7. The molecule has 0 heterocycles. The Labute approximate surface area is 314 Å². The van der Waals surface area contributed by atoms with Crippen LogP contribution >= 0.6 is 0 Å². The van der Waals surface area contributed by atoms with Gasteiger partial charge in [-0.05, 0) is 12.8 Å². The average molecular weight is 687 g/mol. The predicted molar refractivity (Wildman–Crippen MR) is 228 cm³/mol. The normalized spacial score (nSPS) is 11.5. The Morgan fingerprint density at radius 3 is 0.449 bits per heavy atom. The highest BCUT2D eigenvalue weighted by atomic mass is 14.0. The minimum absolute atomic E-state index is 1.21. The minimum Gasteiger partial charge on any atom is -0.103 e. The van der Waals surface area contributed by atoms with Gasteiger partial charge in [-0.1, -0.05) is 296 Å². The summed E-state index contributed by atoms with van der Waals surface area (Å²) in [5.41, 5.74) is 0. The first-order valence-corrected chi connectivity index (χ1v) is 24.0. The monoisotopic (exact) mass is 687 g/mol. The van der Waals surface area contributed by atoms with E-state index < -0.39 is 0 Å². The molecule has 0 aliphatic carbocycles. The van der Waals surface area contributed by atoms with Crippen LogP contribution in [-0.4, -0.2) is 0 Å². The Morgan fingerprint density at radius 2 is 0.327 bits per heavy atom. The van der Waals surface area contributed by atoms with Crippen molar-refractivity contribution in [2.24, 2.45) is 0 Å². The molecule has 0 saturated carbocycles. The van der Waals surface area contributed by atoms with E-state index in [1.54, 1.807) is 0 Å². The van der Waals surface area contributed by atoms with Crippen LogP contribution < -0.4 is 0 Å². The Kier molecular flexibility index (Phi) is 47.5. The molecule has 0 atom stereocenters. The third kappa shape index (κ3) is 47.7. The molecular weight excluding hydrogens is 589 g/mol. The fraction of sp³-hybridized carbons (Fsp3) is 0.959. The molecule has 0 nitrogen and oxygen atoms in total. The van der Waals surface area contributed by atoms with Gasteiger partial charge < -0.3 is 0 Å². The standard InChI is InChI=1S/C49H98/c1-3-5-7-9-11-13-15-17-19-21-23-25-27-29-31-33-35-37-39-41-43-45-47-49-48-46-44-42-40-38-36-34-32-30-28-26-24-22-20-18-16-14-12-10-8-6-4-2/h3H,1,4-49H2,2H3. The molecule has 49 heavy (non-hydrogen) atoms. The zero-order valence-electron chi connectivity index (χ0n) is 34.8. The largest absolute Gasteiger partial charge is 0.103 e. The van der Waals surface area contributed by atoms with Crippen molar-refractivity contribution < 1.29 is 0 Å². The lowest BCUT2D eigenvalue weighted by atomic mass is 10.0. The number of hydrogen-bond donors (Lipinski definition) is 0. The van der Waals surface area contributed by atoms with Crippen molar-refractivity contribution in [1.82, 2.24) is 0 Å². The van der Waals surface area contributed by atoms with Gasteiger partial charge in [0, 0.05) is 0 Å². The van der Waals surface area contributed by atoms with Crippen LogP contribution in [-0.2, 0) is 0 Å². The molecule has 0 aliphatic rings. The molecule has 0 aliphatic heterocycles. The van der Waals surface area contributed by atoms with Crippen LogP contribution in [0.4, 0.5) is 0 Å². The van der Waals surface area contributed by atoms with Gasteiger partial charge in [0.25, 0.3) is 0 Å². The molecule has 0 N–H and O–H groups in total. The van der Waals surface area contributed by atoms with Gasteiger partial charge in [0.2, 0.25) is 0 Å². The van der Waals surface area contributed by atoms with E-state index in [9.17, 15) is 0 Å². The van der Waals surface area contributed by atoms with Crippen molar-refractivity contribution in [1.29, 1.82) is 0 Å². The zero-order chi connectivity index (χ0) is 35.2. The van der Waals surface area contributed by atoms with E-state index in [2.05, 4.69) is 19.6 Å². The first-order chi connectivity index (χ1) is 24.4. The molecule has 0 radical (unpaired) electrons. The van der Waals surface area contributed by atoms with Crippen molar-refractivity contribution in [3.8, 4) is 0 Å². The Bertz CT molecular complexity index is 548. The Balaban J connectivity index is 3.04. The minimum atomic E-state index is 1.21. The van der Waals surface area contributed by atoms with E-state index >= 15 is 0 Å². The summed E-state index contributed by atoms with van der Waals surface area (Å²) in [6, 6.07) is 0. The van der Waals surface area contributed by atoms with E-state index in [4.69, 9.17) is 0 Å². The molecule has 0 aromatic rings. The average Bonchev–Trinajstić information content (AvgIpc) is 3.11. The lowest BCUT2D eigenvalue weighted by Gasteiger charge is -2.05. The summed E-state index contributed by atoms with van der Waals surface area (Å²) >= 11 is 0. The van der Waals surface area contributed by atoms with Crippen LogP contribution in [0, 0.1) is 0 Å². The fourth-order valence-electron chi connectivity index (χ4n) is 7.96. The third-order valence-corrected chi connectivity index (χ3v) is 11.5. The first-order valence-electron chi connectivity index (χ1n) is 24.0. The van der Waals surface area contributed by atoms with Crippen molar-refractivity contribution in [3.63, 3.8) is 0 Å². The number of rotatable bonds is 46. The number of hydrogen-bond acceptors (Lipinski definition) is 0. The van der Waals surface area contributed by atoms with E-state index in [1.807, 2.05) is 0 Å². The van der Waals surface area contributed by atoms with Crippen LogP contribution in [0.25, 0.3) is 0 Å². The van der Waals surface area contributed by atoms with Gasteiger partial charge in [0.1, 0.15) is 0 Å². The molecule has 0 unspecified atom stereocenters. The lowest BCUT2D eigenvalue weighted by Crippen LogP contribution is -1.85. The summed E-state index contributed by atoms with van der Waals surface area (Å²) < 4.78 is 0. The lowest BCUT2D eigenvalue weighted by molar-refractivity contribution is 0.508. The number of unbranched alkanes of at least 4 members (excludes halogenated alkanes) is 45. The maximum Gasteiger partial charge on any atom is -0.0353 e. The molecule has 0 aromatic carbocycles. The summed E-state index contributed by atoms with van der Waals surface area (Å²) in [6.45, 7) is 6.12. The van der Waals surface area contributed by atoms with E-state index in [0.29, 0.717) is 0 Å². The molecule has 0 spiro atoms. The summed E-state index contributed by atoms with van der Waals surface area (Å²) in [7, 11) is 0. The van der Waals surface area contributed by atoms with Crippen LogP contribution in [0.15, 0.2) is 12.7 Å². The molecule has 0 bridgehead atoms. The smallest absolute Gasteiger partial charge is 0.0353 e. The highest BCUT2D eigenvalue weighted by Crippen LogP contribution is 2.18. The molecule has 0 saturated heterocycles. The molecule has 0 heteroatoms.